The van der Waals surface area contributed by atoms with Crippen LogP contribution < -0.4 is 5.32 Å². The van der Waals surface area contributed by atoms with Crippen LogP contribution in [-0.4, -0.2) is 27.3 Å². The van der Waals surface area contributed by atoms with E-state index in [1.807, 2.05) is 36.4 Å². The Kier molecular flexibility index (Phi) is 5.08. The van der Waals surface area contributed by atoms with Gasteiger partial charge in [0.15, 0.2) is 5.16 Å². The first-order chi connectivity index (χ1) is 14.2. The smallest absolute Gasteiger partial charge is 0.230 e. The molecule has 0 radical (unpaired) electrons. The molecular formula is C24H27N3OS. The lowest BCUT2D eigenvalue weighted by atomic mass is 9.84. The van der Waals surface area contributed by atoms with Crippen molar-refractivity contribution in [2.75, 3.05) is 5.75 Å². The Bertz CT molecular complexity index is 1020. The number of para-hydroxylation sites is 3. The third-order valence-electron chi connectivity index (χ3n) is 6.70. The molecule has 2 aliphatic carbocycles. The van der Waals surface area contributed by atoms with Crippen LogP contribution in [0.1, 0.15) is 32.6 Å². The second-order valence-corrected chi connectivity index (χ2v) is 9.48. The highest BCUT2D eigenvalue weighted by molar-refractivity contribution is 7.99. The van der Waals surface area contributed by atoms with Crippen LogP contribution >= 0.6 is 11.8 Å². The second-order valence-electron chi connectivity index (χ2n) is 8.54. The average molecular weight is 406 g/mol. The number of nitrogens with zero attached hydrogens (tertiary/aromatic N) is 2. The molecule has 29 heavy (non-hydrogen) atoms. The van der Waals surface area contributed by atoms with Gasteiger partial charge < -0.3 is 5.32 Å². The fraction of sp³-hybridized carbons (Fsp3) is 0.417. The van der Waals surface area contributed by atoms with E-state index in [1.54, 1.807) is 0 Å². The van der Waals surface area contributed by atoms with Crippen molar-refractivity contribution < 1.29 is 4.79 Å². The quantitative estimate of drug-likeness (QED) is 0.583. The summed E-state index contributed by atoms with van der Waals surface area (Å²) in [5.41, 5.74) is 3.09. The molecular weight excluding hydrogens is 378 g/mol. The highest BCUT2D eigenvalue weighted by Gasteiger charge is 2.42. The number of hydrogen-bond donors (Lipinski definition) is 1. The maximum atomic E-state index is 12.7. The van der Waals surface area contributed by atoms with Crippen LogP contribution in [0.15, 0.2) is 59.8 Å². The molecule has 0 aliphatic heterocycles. The number of thioether (sulfide) groups is 1. The third-order valence-corrected chi connectivity index (χ3v) is 7.64. The van der Waals surface area contributed by atoms with Gasteiger partial charge in [0.1, 0.15) is 0 Å². The molecule has 1 heterocycles. The molecule has 2 bridgehead atoms. The summed E-state index contributed by atoms with van der Waals surface area (Å²) >= 11 is 1.52. The number of imidazole rings is 1. The number of rotatable bonds is 6. The number of hydrogen-bond acceptors (Lipinski definition) is 3. The van der Waals surface area contributed by atoms with Crippen molar-refractivity contribution in [3.05, 3.63) is 54.6 Å². The zero-order valence-electron chi connectivity index (χ0n) is 16.8. The Morgan fingerprint density at radius 1 is 1.14 bits per heavy atom. The molecule has 2 aromatic carbocycles. The number of carbonyl (C=O) groups is 1. The molecule has 4 atom stereocenters. The van der Waals surface area contributed by atoms with Gasteiger partial charge in [0.2, 0.25) is 5.91 Å². The number of benzene rings is 2. The van der Waals surface area contributed by atoms with Crippen molar-refractivity contribution in [3.8, 4) is 5.69 Å². The molecule has 1 N–H and O–H groups in total. The monoisotopic (exact) mass is 405 g/mol. The van der Waals surface area contributed by atoms with E-state index in [-0.39, 0.29) is 11.9 Å². The minimum atomic E-state index is 0.108. The Hall–Kier alpha value is -2.27. The van der Waals surface area contributed by atoms with Crippen molar-refractivity contribution in [2.24, 2.45) is 17.8 Å². The van der Waals surface area contributed by atoms with E-state index in [2.05, 4.69) is 35.0 Å². The molecule has 1 aromatic heterocycles. The normalized spacial score (nSPS) is 24.1. The SMILES string of the molecule is CC(NC(=O)CSc1nc2ccccc2n1-c1ccccc1)C1CC2CCC1C2. The molecule has 3 aromatic rings. The fourth-order valence-electron chi connectivity index (χ4n) is 5.37. The van der Waals surface area contributed by atoms with Gasteiger partial charge in [0.05, 0.1) is 16.8 Å². The minimum absolute atomic E-state index is 0.108. The van der Waals surface area contributed by atoms with E-state index in [9.17, 15) is 4.79 Å². The first kappa shape index (κ1) is 18.7. The molecule has 0 spiro atoms. The first-order valence-electron chi connectivity index (χ1n) is 10.6. The van der Waals surface area contributed by atoms with Crippen LogP contribution in [0.5, 0.6) is 0 Å². The second kappa shape index (κ2) is 7.86. The van der Waals surface area contributed by atoms with Gasteiger partial charge in [0.25, 0.3) is 0 Å². The molecule has 2 saturated carbocycles. The van der Waals surface area contributed by atoms with Gasteiger partial charge in [-0.1, -0.05) is 48.5 Å². The zero-order chi connectivity index (χ0) is 19.8. The molecule has 0 saturated heterocycles. The summed E-state index contributed by atoms with van der Waals surface area (Å²) < 4.78 is 2.15. The van der Waals surface area contributed by atoms with E-state index >= 15 is 0 Å². The fourth-order valence-corrected chi connectivity index (χ4v) is 6.21. The standard InChI is InChI=1S/C24H27N3OS/c1-16(20-14-17-11-12-18(20)13-17)25-23(28)15-29-24-26-21-9-5-6-10-22(21)27(24)19-7-3-2-4-8-19/h2-10,16-18,20H,11-15H2,1H3,(H,25,28). The first-order valence-corrected chi connectivity index (χ1v) is 11.6. The van der Waals surface area contributed by atoms with Crippen LogP contribution in [0, 0.1) is 17.8 Å². The highest BCUT2D eigenvalue weighted by Crippen LogP contribution is 2.49. The lowest BCUT2D eigenvalue weighted by molar-refractivity contribution is -0.119. The van der Waals surface area contributed by atoms with Gasteiger partial charge in [-0.15, -0.1) is 0 Å². The predicted molar refractivity (Wildman–Crippen MR) is 118 cm³/mol. The Morgan fingerprint density at radius 3 is 2.69 bits per heavy atom. The van der Waals surface area contributed by atoms with Crippen LogP contribution in [0.4, 0.5) is 0 Å². The number of fused-ring (bicyclic) bond motifs is 3. The third kappa shape index (κ3) is 3.68. The van der Waals surface area contributed by atoms with Crippen LogP contribution in [0.25, 0.3) is 16.7 Å². The van der Waals surface area contributed by atoms with Crippen molar-refractivity contribution >= 4 is 28.7 Å². The van der Waals surface area contributed by atoms with Gasteiger partial charge in [-0.05, 0) is 68.2 Å². The predicted octanol–water partition coefficient (Wildman–Crippen LogP) is 5.06. The Labute approximate surface area is 176 Å². The van der Waals surface area contributed by atoms with Crippen molar-refractivity contribution in [1.82, 2.24) is 14.9 Å². The molecule has 4 unspecified atom stereocenters. The van der Waals surface area contributed by atoms with Crippen molar-refractivity contribution in [1.29, 1.82) is 0 Å². The van der Waals surface area contributed by atoms with Gasteiger partial charge >= 0.3 is 0 Å². The summed E-state index contributed by atoms with van der Waals surface area (Å²) in [4.78, 5) is 17.5. The number of aromatic nitrogens is 2. The molecule has 2 aliphatic rings. The summed E-state index contributed by atoms with van der Waals surface area (Å²) in [7, 11) is 0. The number of carbonyl (C=O) groups excluding carboxylic acids is 1. The summed E-state index contributed by atoms with van der Waals surface area (Å²) in [6, 6.07) is 18.6. The van der Waals surface area contributed by atoms with Gasteiger partial charge in [-0.25, -0.2) is 4.98 Å². The Morgan fingerprint density at radius 2 is 1.93 bits per heavy atom. The van der Waals surface area contributed by atoms with Crippen LogP contribution in [0.3, 0.4) is 0 Å². The number of nitrogens with one attached hydrogen (secondary N) is 1. The summed E-state index contributed by atoms with van der Waals surface area (Å²) in [5, 5.41) is 4.13. The molecule has 150 valence electrons. The van der Waals surface area contributed by atoms with E-state index in [4.69, 9.17) is 4.98 Å². The van der Waals surface area contributed by atoms with Gasteiger partial charge in [-0.2, -0.15) is 0 Å². The van der Waals surface area contributed by atoms with E-state index in [0.29, 0.717) is 11.7 Å². The van der Waals surface area contributed by atoms with Gasteiger partial charge in [-0.3, -0.25) is 9.36 Å². The van der Waals surface area contributed by atoms with Crippen molar-refractivity contribution in [2.45, 2.75) is 43.8 Å². The summed E-state index contributed by atoms with van der Waals surface area (Å²) in [6.07, 6.45) is 5.42. The molecule has 2 fully saturated rings. The van der Waals surface area contributed by atoms with Crippen LogP contribution in [0.2, 0.25) is 0 Å². The molecule has 4 nitrogen and oxygen atoms in total. The zero-order valence-corrected chi connectivity index (χ0v) is 17.6. The van der Waals surface area contributed by atoms with Gasteiger partial charge in [0, 0.05) is 11.7 Å². The lowest BCUT2D eigenvalue weighted by Gasteiger charge is -2.28. The van der Waals surface area contributed by atoms with E-state index < -0.39 is 0 Å². The maximum absolute atomic E-state index is 12.7. The van der Waals surface area contributed by atoms with Crippen LogP contribution in [-0.2, 0) is 4.79 Å². The Balaban J connectivity index is 1.30. The topological polar surface area (TPSA) is 46.9 Å². The molecule has 1 amide bonds. The van der Waals surface area contributed by atoms with E-state index in [1.165, 1.54) is 37.4 Å². The maximum Gasteiger partial charge on any atom is 0.230 e. The summed E-state index contributed by atoms with van der Waals surface area (Å²) in [6.45, 7) is 2.19. The highest BCUT2D eigenvalue weighted by atomic mass is 32.2. The molecule has 5 heteroatoms. The summed E-state index contributed by atoms with van der Waals surface area (Å²) in [5.74, 6) is 2.89. The number of amides is 1. The van der Waals surface area contributed by atoms with Crippen molar-refractivity contribution in [3.63, 3.8) is 0 Å². The minimum Gasteiger partial charge on any atom is -0.353 e. The average Bonchev–Trinajstić information content (AvgIpc) is 3.46. The van der Waals surface area contributed by atoms with E-state index in [0.717, 1.165) is 33.7 Å². The largest absolute Gasteiger partial charge is 0.353 e. The molecule has 5 rings (SSSR count). The lowest BCUT2D eigenvalue weighted by Crippen LogP contribution is -2.40.